The number of ether oxygens (including phenoxy) is 1. The van der Waals surface area contributed by atoms with Crippen molar-refractivity contribution in [2.75, 3.05) is 13.7 Å². The summed E-state index contributed by atoms with van der Waals surface area (Å²) >= 11 is 1.87. The zero-order valence-electron chi connectivity index (χ0n) is 19.2. The molecule has 0 bridgehead atoms. The molecule has 1 fully saturated rings. The molecule has 5 heteroatoms. The molecule has 2 aromatic rings. The SMILES string of the molecule is C=CO.CC1=C(Cc2ccc(-c3ccc(C)cc3)s2)C/C(=C2/OCCC[C@H]2O)C=C1.CO. The molecule has 172 valence electrons. The summed E-state index contributed by atoms with van der Waals surface area (Å²) in [6.07, 6.45) is 8.14. The van der Waals surface area contributed by atoms with Crippen molar-refractivity contribution in [2.24, 2.45) is 0 Å². The van der Waals surface area contributed by atoms with Crippen molar-refractivity contribution >= 4 is 11.3 Å². The van der Waals surface area contributed by atoms with Gasteiger partial charge in [0.2, 0.25) is 0 Å². The van der Waals surface area contributed by atoms with Crippen LogP contribution in [0.2, 0.25) is 0 Å². The third kappa shape index (κ3) is 6.95. The maximum atomic E-state index is 10.3. The van der Waals surface area contributed by atoms with E-state index >= 15 is 0 Å². The average molecular weight is 455 g/mol. The van der Waals surface area contributed by atoms with Crippen LogP contribution in [0.25, 0.3) is 10.4 Å². The fourth-order valence-electron chi connectivity index (χ4n) is 3.69. The molecule has 32 heavy (non-hydrogen) atoms. The smallest absolute Gasteiger partial charge is 0.128 e. The Balaban J connectivity index is 0.000000671. The Kier molecular flexibility index (Phi) is 10.5. The maximum Gasteiger partial charge on any atom is 0.128 e. The Bertz CT molecular complexity index is 964. The van der Waals surface area contributed by atoms with Crippen molar-refractivity contribution in [1.82, 2.24) is 0 Å². The molecule has 0 unspecified atom stereocenters. The molecular weight excluding hydrogens is 420 g/mol. The molecular formula is C27H34O4S. The fraction of sp³-hybridized carbons (Fsp3) is 0.333. The van der Waals surface area contributed by atoms with Crippen molar-refractivity contribution < 1.29 is 20.1 Å². The molecule has 3 N–H and O–H groups in total. The quantitative estimate of drug-likeness (QED) is 0.479. The van der Waals surface area contributed by atoms with Gasteiger partial charge in [-0.2, -0.15) is 0 Å². The van der Waals surface area contributed by atoms with E-state index in [2.05, 4.69) is 69.0 Å². The highest BCUT2D eigenvalue weighted by atomic mass is 32.1. The fourth-order valence-corrected chi connectivity index (χ4v) is 4.75. The van der Waals surface area contributed by atoms with Crippen molar-refractivity contribution in [3.05, 3.63) is 94.3 Å². The standard InChI is InChI=1S/C24H26O2S.C2H4O.CH4O/c1-16-5-8-18(9-6-16)23-12-11-21(27-23)15-20-14-19(10-7-17(20)2)24-22(25)4-3-13-26-24;1-2-3;1-2/h5-12,22,25H,3-4,13-15H2,1-2H3;2-3H,1H2;2H,1H3/b24-19+;;/t22-;;/m1../s1. The third-order valence-corrected chi connectivity index (χ3v) is 6.51. The first kappa shape index (κ1) is 25.7. The van der Waals surface area contributed by atoms with E-state index in [0.717, 1.165) is 50.4 Å². The van der Waals surface area contributed by atoms with E-state index in [1.165, 1.54) is 32.0 Å². The minimum absolute atomic E-state index is 0.451. The monoisotopic (exact) mass is 454 g/mol. The van der Waals surface area contributed by atoms with Gasteiger partial charge in [-0.1, -0.05) is 59.7 Å². The van der Waals surface area contributed by atoms with Crippen molar-refractivity contribution in [3.63, 3.8) is 0 Å². The van der Waals surface area contributed by atoms with Crippen molar-refractivity contribution in [3.8, 4) is 10.4 Å². The highest BCUT2D eigenvalue weighted by molar-refractivity contribution is 7.15. The Hall–Kier alpha value is -2.60. The number of hydrogen-bond donors (Lipinski definition) is 3. The molecule has 2 heterocycles. The van der Waals surface area contributed by atoms with E-state index in [4.69, 9.17) is 14.9 Å². The lowest BCUT2D eigenvalue weighted by atomic mass is 9.89. The van der Waals surface area contributed by atoms with Gasteiger partial charge in [-0.05, 0) is 56.4 Å². The molecule has 4 nitrogen and oxygen atoms in total. The Morgan fingerprint density at radius 2 is 1.78 bits per heavy atom. The van der Waals surface area contributed by atoms with Crippen LogP contribution in [0.3, 0.4) is 0 Å². The first-order valence-electron chi connectivity index (χ1n) is 10.8. The number of allylic oxidation sites excluding steroid dienone is 5. The number of rotatable bonds is 3. The average Bonchev–Trinajstić information content (AvgIpc) is 3.27. The summed E-state index contributed by atoms with van der Waals surface area (Å²) < 4.78 is 5.79. The van der Waals surface area contributed by atoms with E-state index in [0.29, 0.717) is 6.61 Å². The lowest BCUT2D eigenvalue weighted by Crippen LogP contribution is -2.22. The molecule has 4 rings (SSSR count). The van der Waals surface area contributed by atoms with Crippen molar-refractivity contribution in [2.45, 2.75) is 45.6 Å². The van der Waals surface area contributed by atoms with Crippen LogP contribution in [0.5, 0.6) is 0 Å². The summed E-state index contributed by atoms with van der Waals surface area (Å²) in [6.45, 7) is 7.93. The van der Waals surface area contributed by atoms with Crippen LogP contribution in [-0.2, 0) is 11.2 Å². The van der Waals surface area contributed by atoms with Crippen LogP contribution in [0.1, 0.15) is 36.6 Å². The molecule has 0 radical (unpaired) electrons. The van der Waals surface area contributed by atoms with Crippen LogP contribution in [0.15, 0.2) is 83.9 Å². The van der Waals surface area contributed by atoms with Gasteiger partial charge in [-0.25, -0.2) is 0 Å². The van der Waals surface area contributed by atoms with E-state index in [9.17, 15) is 5.11 Å². The second kappa shape index (κ2) is 13.1. The van der Waals surface area contributed by atoms with Crippen molar-refractivity contribution in [1.29, 1.82) is 0 Å². The van der Waals surface area contributed by atoms with Gasteiger partial charge in [-0.3, -0.25) is 0 Å². The number of thiophene rings is 1. The first-order chi connectivity index (χ1) is 15.5. The summed E-state index contributed by atoms with van der Waals surface area (Å²) in [6, 6.07) is 13.2. The van der Waals surface area contributed by atoms with Gasteiger partial charge in [0.1, 0.15) is 11.9 Å². The van der Waals surface area contributed by atoms with Crippen LogP contribution in [0.4, 0.5) is 0 Å². The lowest BCUT2D eigenvalue weighted by molar-refractivity contribution is 0.0530. The molecule has 0 amide bonds. The van der Waals surface area contributed by atoms with E-state index in [1.54, 1.807) is 0 Å². The van der Waals surface area contributed by atoms with Gasteiger partial charge in [0.25, 0.3) is 0 Å². The van der Waals surface area contributed by atoms with Gasteiger partial charge < -0.3 is 20.1 Å². The number of benzene rings is 1. The second-order valence-electron chi connectivity index (χ2n) is 7.68. The maximum absolute atomic E-state index is 10.3. The Morgan fingerprint density at radius 1 is 1.09 bits per heavy atom. The summed E-state index contributed by atoms with van der Waals surface area (Å²) in [5.74, 6) is 0.786. The van der Waals surface area contributed by atoms with E-state index < -0.39 is 6.10 Å². The summed E-state index contributed by atoms with van der Waals surface area (Å²) in [4.78, 5) is 2.70. The molecule has 2 aliphatic rings. The molecule has 1 aliphatic carbocycles. The lowest BCUT2D eigenvalue weighted by Gasteiger charge is -2.26. The predicted molar refractivity (Wildman–Crippen MR) is 134 cm³/mol. The van der Waals surface area contributed by atoms with Gasteiger partial charge >= 0.3 is 0 Å². The van der Waals surface area contributed by atoms with Gasteiger partial charge in [0, 0.05) is 23.3 Å². The first-order valence-corrected chi connectivity index (χ1v) is 11.6. The van der Waals surface area contributed by atoms with Crippen LogP contribution in [-0.4, -0.2) is 35.1 Å². The summed E-state index contributed by atoms with van der Waals surface area (Å²) in [5.41, 5.74) is 6.46. The van der Waals surface area contributed by atoms with E-state index in [1.807, 2.05) is 11.3 Å². The second-order valence-corrected chi connectivity index (χ2v) is 8.85. The summed E-state index contributed by atoms with van der Waals surface area (Å²) in [7, 11) is 1.00. The van der Waals surface area contributed by atoms with E-state index in [-0.39, 0.29) is 0 Å². The predicted octanol–water partition coefficient (Wildman–Crippen LogP) is 6.26. The number of aliphatic hydroxyl groups excluding tert-OH is 3. The number of aryl methyl sites for hydroxylation is 1. The minimum Gasteiger partial charge on any atom is -0.516 e. The molecule has 0 saturated carbocycles. The molecule has 1 aromatic heterocycles. The minimum atomic E-state index is -0.451. The number of aliphatic hydroxyl groups is 3. The zero-order chi connectivity index (χ0) is 23.5. The normalized spacial score (nSPS) is 19.8. The van der Waals surface area contributed by atoms with Gasteiger partial charge in [-0.15, -0.1) is 11.3 Å². The molecule has 1 aromatic carbocycles. The molecule has 1 atom stereocenters. The van der Waals surface area contributed by atoms with Gasteiger partial charge in [0.15, 0.2) is 0 Å². The third-order valence-electron chi connectivity index (χ3n) is 5.38. The zero-order valence-corrected chi connectivity index (χ0v) is 20.0. The largest absolute Gasteiger partial charge is 0.516 e. The highest BCUT2D eigenvalue weighted by Gasteiger charge is 2.23. The summed E-state index contributed by atoms with van der Waals surface area (Å²) in [5, 5.41) is 24.6. The van der Waals surface area contributed by atoms with Crippen LogP contribution < -0.4 is 0 Å². The highest BCUT2D eigenvalue weighted by Crippen LogP contribution is 2.34. The molecule has 1 aliphatic heterocycles. The Morgan fingerprint density at radius 3 is 2.44 bits per heavy atom. The molecule has 1 saturated heterocycles. The van der Waals surface area contributed by atoms with Crippen LogP contribution >= 0.6 is 11.3 Å². The van der Waals surface area contributed by atoms with Crippen LogP contribution in [0, 0.1) is 6.92 Å². The number of hydrogen-bond acceptors (Lipinski definition) is 5. The van der Waals surface area contributed by atoms with Gasteiger partial charge in [0.05, 0.1) is 12.9 Å². The molecule has 0 spiro atoms. The topological polar surface area (TPSA) is 69.9 Å². The Labute approximate surface area is 195 Å².